The van der Waals surface area contributed by atoms with Crippen LogP contribution in [0.15, 0.2) is 97.1 Å². The van der Waals surface area contributed by atoms with Crippen LogP contribution >= 0.6 is 0 Å². The van der Waals surface area contributed by atoms with Crippen LogP contribution in [0.25, 0.3) is 6.08 Å². The maximum Gasteiger partial charge on any atom is 0.221 e. The van der Waals surface area contributed by atoms with Crippen molar-refractivity contribution in [2.24, 2.45) is 0 Å². The largest absolute Gasteiger partial charge is 0.505 e. The van der Waals surface area contributed by atoms with E-state index in [1.165, 1.54) is 13.0 Å². The number of aromatic hydroxyl groups is 1. The number of benzene rings is 4. The molecule has 0 saturated carbocycles. The van der Waals surface area contributed by atoms with Crippen molar-refractivity contribution in [2.45, 2.75) is 27.1 Å². The third-order valence-electron chi connectivity index (χ3n) is 5.70. The Balaban J connectivity index is 1.56. The van der Waals surface area contributed by atoms with Crippen molar-refractivity contribution < 1.29 is 24.2 Å². The zero-order valence-electron chi connectivity index (χ0n) is 21.3. The van der Waals surface area contributed by atoms with Crippen LogP contribution in [-0.4, -0.2) is 16.8 Å². The fraction of sp³-hybridized carbons (Fsp3) is 0.125. The molecule has 38 heavy (non-hydrogen) atoms. The molecule has 0 heterocycles. The van der Waals surface area contributed by atoms with E-state index in [-0.39, 0.29) is 22.9 Å². The summed E-state index contributed by atoms with van der Waals surface area (Å²) >= 11 is 0. The minimum Gasteiger partial charge on any atom is -0.505 e. The zero-order valence-corrected chi connectivity index (χ0v) is 21.3. The molecule has 0 atom stereocenters. The standard InChI is InChI=1S/C32H29NO5/c1-22-17-27(32(36)28(18-22)33-23(2)34)29(35)15-13-24-14-16-30(37-20-25-9-5-3-6-10-25)31(19-24)38-21-26-11-7-4-8-12-26/h3-19,36H,20-21H2,1-2H3,(H,33,34)/b15-13+. The van der Waals surface area contributed by atoms with Gasteiger partial charge in [-0.05, 0) is 59.5 Å². The summed E-state index contributed by atoms with van der Waals surface area (Å²) in [5.41, 5.74) is 3.82. The van der Waals surface area contributed by atoms with Crippen LogP contribution in [-0.2, 0) is 18.0 Å². The number of amides is 1. The lowest BCUT2D eigenvalue weighted by atomic mass is 10.0. The molecule has 0 saturated heterocycles. The molecule has 0 aromatic heterocycles. The van der Waals surface area contributed by atoms with Crippen LogP contribution in [0.3, 0.4) is 0 Å². The van der Waals surface area contributed by atoms with Crippen LogP contribution in [0, 0.1) is 6.92 Å². The number of rotatable bonds is 10. The van der Waals surface area contributed by atoms with Gasteiger partial charge < -0.3 is 19.9 Å². The molecular weight excluding hydrogens is 478 g/mol. The van der Waals surface area contributed by atoms with Crippen LogP contribution < -0.4 is 14.8 Å². The number of phenolic OH excluding ortho intramolecular Hbond substituents is 1. The van der Waals surface area contributed by atoms with Gasteiger partial charge in [-0.25, -0.2) is 0 Å². The molecule has 4 rings (SSSR count). The number of ether oxygens (including phenoxy) is 2. The maximum atomic E-state index is 12.9. The van der Waals surface area contributed by atoms with E-state index in [2.05, 4.69) is 5.32 Å². The molecular formula is C32H29NO5. The summed E-state index contributed by atoms with van der Waals surface area (Å²) in [6.45, 7) is 3.88. The summed E-state index contributed by atoms with van der Waals surface area (Å²) in [5, 5.41) is 13.1. The lowest BCUT2D eigenvalue weighted by molar-refractivity contribution is -0.114. The smallest absolute Gasteiger partial charge is 0.221 e. The Hall–Kier alpha value is -4.84. The second-order valence-corrected chi connectivity index (χ2v) is 8.84. The number of aryl methyl sites for hydroxylation is 1. The minimum absolute atomic E-state index is 0.105. The lowest BCUT2D eigenvalue weighted by Gasteiger charge is -2.14. The first-order chi connectivity index (χ1) is 18.4. The predicted molar refractivity (Wildman–Crippen MR) is 149 cm³/mol. The Morgan fingerprint density at radius 3 is 2.03 bits per heavy atom. The highest BCUT2D eigenvalue weighted by Crippen LogP contribution is 2.32. The monoisotopic (exact) mass is 507 g/mol. The van der Waals surface area contributed by atoms with Gasteiger partial charge in [0.2, 0.25) is 5.91 Å². The number of phenols is 1. The Kier molecular flexibility index (Phi) is 8.57. The fourth-order valence-electron chi connectivity index (χ4n) is 3.84. The highest BCUT2D eigenvalue weighted by Gasteiger charge is 2.15. The van der Waals surface area contributed by atoms with E-state index in [0.29, 0.717) is 24.7 Å². The Morgan fingerprint density at radius 1 is 0.816 bits per heavy atom. The number of ketones is 1. The van der Waals surface area contributed by atoms with Gasteiger partial charge in [-0.1, -0.05) is 72.8 Å². The Morgan fingerprint density at radius 2 is 1.42 bits per heavy atom. The van der Waals surface area contributed by atoms with Crippen molar-refractivity contribution in [3.05, 3.63) is 125 Å². The van der Waals surface area contributed by atoms with Crippen molar-refractivity contribution in [1.82, 2.24) is 0 Å². The van der Waals surface area contributed by atoms with Gasteiger partial charge in [0, 0.05) is 6.92 Å². The first kappa shape index (κ1) is 26.2. The van der Waals surface area contributed by atoms with Gasteiger partial charge in [-0.2, -0.15) is 0 Å². The minimum atomic E-state index is -0.394. The van der Waals surface area contributed by atoms with Crippen LogP contribution in [0.2, 0.25) is 0 Å². The molecule has 0 radical (unpaired) electrons. The zero-order chi connectivity index (χ0) is 26.9. The van der Waals surface area contributed by atoms with E-state index in [1.807, 2.05) is 78.9 Å². The topological polar surface area (TPSA) is 84.9 Å². The van der Waals surface area contributed by atoms with E-state index in [9.17, 15) is 14.7 Å². The molecule has 0 fully saturated rings. The Labute approximate surface area is 222 Å². The van der Waals surface area contributed by atoms with E-state index >= 15 is 0 Å². The first-order valence-electron chi connectivity index (χ1n) is 12.2. The number of nitrogens with one attached hydrogen (secondary N) is 1. The quantitative estimate of drug-likeness (QED) is 0.142. The summed E-state index contributed by atoms with van der Waals surface area (Å²) in [7, 11) is 0. The Bertz CT molecular complexity index is 1450. The third-order valence-corrected chi connectivity index (χ3v) is 5.70. The maximum absolute atomic E-state index is 12.9. The normalized spacial score (nSPS) is 10.8. The van der Waals surface area contributed by atoms with Gasteiger partial charge in [0.15, 0.2) is 17.3 Å². The third kappa shape index (κ3) is 7.11. The van der Waals surface area contributed by atoms with Crippen LogP contribution in [0.1, 0.15) is 39.5 Å². The summed E-state index contributed by atoms with van der Waals surface area (Å²) in [4.78, 5) is 24.4. The van der Waals surface area contributed by atoms with Gasteiger partial charge in [0.25, 0.3) is 0 Å². The van der Waals surface area contributed by atoms with Crippen LogP contribution in [0.4, 0.5) is 5.69 Å². The highest BCUT2D eigenvalue weighted by atomic mass is 16.5. The van der Waals surface area contributed by atoms with Crippen molar-refractivity contribution in [3.8, 4) is 17.2 Å². The van der Waals surface area contributed by atoms with Gasteiger partial charge in [0.1, 0.15) is 19.0 Å². The molecule has 0 unspecified atom stereocenters. The predicted octanol–water partition coefficient (Wildman–Crippen LogP) is 6.71. The van der Waals surface area contributed by atoms with Gasteiger partial charge in [0.05, 0.1) is 11.3 Å². The average molecular weight is 508 g/mol. The summed E-state index contributed by atoms with van der Waals surface area (Å²) in [5.74, 6) is 0.138. The summed E-state index contributed by atoms with van der Waals surface area (Å²) < 4.78 is 12.2. The lowest BCUT2D eigenvalue weighted by Crippen LogP contribution is -2.08. The molecule has 0 aliphatic rings. The molecule has 0 bridgehead atoms. The molecule has 0 aliphatic carbocycles. The molecule has 6 nitrogen and oxygen atoms in total. The highest BCUT2D eigenvalue weighted by molar-refractivity contribution is 6.10. The van der Waals surface area contributed by atoms with Gasteiger partial charge >= 0.3 is 0 Å². The number of hydrogen-bond acceptors (Lipinski definition) is 5. The average Bonchev–Trinajstić information content (AvgIpc) is 2.92. The molecule has 2 N–H and O–H groups in total. The number of allylic oxidation sites excluding steroid dienone is 1. The van der Waals surface area contributed by atoms with Crippen molar-refractivity contribution in [2.75, 3.05) is 5.32 Å². The second-order valence-electron chi connectivity index (χ2n) is 8.84. The van der Waals surface area contributed by atoms with Crippen molar-refractivity contribution in [1.29, 1.82) is 0 Å². The van der Waals surface area contributed by atoms with Crippen molar-refractivity contribution >= 4 is 23.5 Å². The fourth-order valence-corrected chi connectivity index (χ4v) is 3.84. The van der Waals surface area contributed by atoms with E-state index < -0.39 is 5.78 Å². The van der Waals surface area contributed by atoms with E-state index in [0.717, 1.165) is 22.3 Å². The molecule has 192 valence electrons. The number of carbonyl (C=O) groups excluding carboxylic acids is 2. The SMILES string of the molecule is CC(=O)Nc1cc(C)cc(C(=O)/C=C/c2ccc(OCc3ccccc3)c(OCc3ccccc3)c2)c1O. The molecule has 4 aromatic carbocycles. The van der Waals surface area contributed by atoms with Gasteiger partial charge in [-0.15, -0.1) is 0 Å². The second kappa shape index (κ2) is 12.4. The molecule has 0 spiro atoms. The van der Waals surface area contributed by atoms with E-state index in [4.69, 9.17) is 9.47 Å². The number of anilines is 1. The van der Waals surface area contributed by atoms with Gasteiger partial charge in [-0.3, -0.25) is 9.59 Å². The molecule has 0 aliphatic heterocycles. The van der Waals surface area contributed by atoms with Crippen molar-refractivity contribution in [3.63, 3.8) is 0 Å². The van der Waals surface area contributed by atoms with E-state index in [1.54, 1.807) is 25.1 Å². The first-order valence-corrected chi connectivity index (χ1v) is 12.2. The number of carbonyl (C=O) groups is 2. The summed E-state index contributed by atoms with van der Waals surface area (Å²) in [6.07, 6.45) is 3.03. The summed E-state index contributed by atoms with van der Waals surface area (Å²) in [6, 6.07) is 28.3. The number of hydrogen-bond donors (Lipinski definition) is 2. The van der Waals surface area contributed by atoms with Crippen LogP contribution in [0.5, 0.6) is 17.2 Å². The molecule has 6 heteroatoms. The molecule has 4 aromatic rings. The molecule has 1 amide bonds.